The molecule has 5 N–H and O–H groups in total. The molecule has 0 atom stereocenters. The lowest BCUT2D eigenvalue weighted by atomic mass is 10.0. The molecule has 0 bridgehead atoms. The fraction of sp³-hybridized carbons (Fsp3) is 0.143. The number of para-hydroxylation sites is 1. The summed E-state index contributed by atoms with van der Waals surface area (Å²) in [5.41, 5.74) is 18.7. The van der Waals surface area contributed by atoms with E-state index in [1.54, 1.807) is 6.07 Å². The number of hydrogen-bond donors (Lipinski definition) is 3. The van der Waals surface area contributed by atoms with E-state index in [9.17, 15) is 0 Å². The minimum atomic E-state index is 0.368. The third-order valence-corrected chi connectivity index (χ3v) is 3.99. The van der Waals surface area contributed by atoms with Crippen LogP contribution in [0.15, 0.2) is 60.7 Å². The van der Waals surface area contributed by atoms with Crippen LogP contribution in [-0.4, -0.2) is 5.11 Å². The van der Waals surface area contributed by atoms with Crippen LogP contribution in [0.25, 0.3) is 11.1 Å². The zero-order valence-electron chi connectivity index (χ0n) is 14.4. The van der Waals surface area contributed by atoms with Crippen LogP contribution in [0.4, 0.5) is 11.4 Å². The van der Waals surface area contributed by atoms with Gasteiger partial charge in [0.2, 0.25) is 0 Å². The van der Waals surface area contributed by atoms with Gasteiger partial charge in [-0.3, -0.25) is 0 Å². The summed E-state index contributed by atoms with van der Waals surface area (Å²) in [6.07, 6.45) is 0. The van der Waals surface area contributed by atoms with Gasteiger partial charge < -0.3 is 16.6 Å². The van der Waals surface area contributed by atoms with Gasteiger partial charge in [-0.25, -0.2) is 0 Å². The van der Waals surface area contributed by atoms with E-state index in [0.717, 1.165) is 28.1 Å². The maximum Gasteiger partial charge on any atom is 0.118 e. The largest absolute Gasteiger partial charge is 0.508 e. The highest BCUT2D eigenvalue weighted by Gasteiger charge is 2.01. The molecular weight excluding hydrogens is 296 g/mol. The molecule has 3 aromatic carbocycles. The fourth-order valence-corrected chi connectivity index (χ4v) is 2.27. The summed E-state index contributed by atoms with van der Waals surface area (Å²) < 4.78 is 0. The Morgan fingerprint density at radius 1 is 0.625 bits per heavy atom. The second kappa shape index (κ2) is 7.55. The summed E-state index contributed by atoms with van der Waals surface area (Å²) in [6, 6.07) is 19.4. The van der Waals surface area contributed by atoms with Crippen LogP contribution >= 0.6 is 0 Å². The van der Waals surface area contributed by atoms with E-state index < -0.39 is 0 Å². The molecule has 0 radical (unpaired) electrons. The van der Waals surface area contributed by atoms with Gasteiger partial charge in [-0.05, 0) is 78.9 Å². The lowest BCUT2D eigenvalue weighted by Gasteiger charge is -2.07. The van der Waals surface area contributed by atoms with E-state index in [1.165, 1.54) is 11.1 Å². The van der Waals surface area contributed by atoms with Crippen LogP contribution in [0, 0.1) is 20.8 Å². The topological polar surface area (TPSA) is 72.3 Å². The van der Waals surface area contributed by atoms with Gasteiger partial charge in [0.25, 0.3) is 0 Å². The van der Waals surface area contributed by atoms with Gasteiger partial charge >= 0.3 is 0 Å². The summed E-state index contributed by atoms with van der Waals surface area (Å²) >= 11 is 0. The van der Waals surface area contributed by atoms with Gasteiger partial charge in [-0.1, -0.05) is 30.3 Å². The van der Waals surface area contributed by atoms with Gasteiger partial charge in [0.05, 0.1) is 0 Å². The van der Waals surface area contributed by atoms with Crippen molar-refractivity contribution in [1.29, 1.82) is 0 Å². The fourth-order valence-electron chi connectivity index (χ4n) is 2.27. The first-order valence-corrected chi connectivity index (χ1v) is 7.85. The smallest absolute Gasteiger partial charge is 0.118 e. The molecular formula is C21H24N2O. The molecule has 24 heavy (non-hydrogen) atoms. The molecule has 0 fully saturated rings. The monoisotopic (exact) mass is 320 g/mol. The standard InChI is InChI=1S/C14H16N2.C7H8O/c1-9-7-11(3-5-13(9)15)12-4-6-14(16)10(2)8-12;1-6-4-2-3-5-7(6)8/h3-8H,15-16H2,1-2H3;2-5,8H,1H3. The van der Waals surface area contributed by atoms with Crippen LogP contribution in [0.5, 0.6) is 5.75 Å². The van der Waals surface area contributed by atoms with Crippen LogP contribution in [-0.2, 0) is 0 Å². The molecule has 3 aromatic rings. The zero-order valence-corrected chi connectivity index (χ0v) is 14.4. The van der Waals surface area contributed by atoms with Crippen molar-refractivity contribution in [1.82, 2.24) is 0 Å². The van der Waals surface area contributed by atoms with Crippen molar-refractivity contribution >= 4 is 11.4 Å². The van der Waals surface area contributed by atoms with Crippen LogP contribution in [0.2, 0.25) is 0 Å². The van der Waals surface area contributed by atoms with E-state index >= 15 is 0 Å². The van der Waals surface area contributed by atoms with Gasteiger partial charge in [0, 0.05) is 11.4 Å². The first kappa shape index (κ1) is 17.4. The van der Waals surface area contributed by atoms with E-state index in [4.69, 9.17) is 16.6 Å². The number of hydrogen-bond acceptors (Lipinski definition) is 3. The lowest BCUT2D eigenvalue weighted by molar-refractivity contribution is 0.471. The maximum atomic E-state index is 8.92. The van der Waals surface area contributed by atoms with Crippen LogP contribution in [0.3, 0.4) is 0 Å². The Morgan fingerprint density at radius 2 is 1.08 bits per heavy atom. The molecule has 0 aliphatic rings. The van der Waals surface area contributed by atoms with Crippen molar-refractivity contribution in [3.63, 3.8) is 0 Å². The quantitative estimate of drug-likeness (QED) is 0.562. The predicted octanol–water partition coefficient (Wildman–Crippen LogP) is 4.84. The van der Waals surface area contributed by atoms with E-state index in [-0.39, 0.29) is 0 Å². The Morgan fingerprint density at radius 3 is 1.42 bits per heavy atom. The Balaban J connectivity index is 0.000000219. The highest BCUT2D eigenvalue weighted by molar-refractivity contribution is 5.70. The van der Waals surface area contributed by atoms with Gasteiger partial charge in [0.15, 0.2) is 0 Å². The number of aryl methyl sites for hydroxylation is 3. The maximum absolute atomic E-state index is 8.92. The number of aromatic hydroxyl groups is 1. The van der Waals surface area contributed by atoms with Crippen molar-refractivity contribution in [2.24, 2.45) is 0 Å². The molecule has 0 saturated heterocycles. The Hall–Kier alpha value is -2.94. The van der Waals surface area contributed by atoms with E-state index in [0.29, 0.717) is 5.75 Å². The number of phenols is 1. The minimum absolute atomic E-state index is 0.368. The van der Waals surface area contributed by atoms with Crippen molar-refractivity contribution in [3.05, 3.63) is 77.4 Å². The number of nitrogen functional groups attached to an aromatic ring is 2. The number of rotatable bonds is 1. The summed E-state index contributed by atoms with van der Waals surface area (Å²) in [5, 5.41) is 8.92. The minimum Gasteiger partial charge on any atom is -0.508 e. The zero-order chi connectivity index (χ0) is 17.7. The second-order valence-corrected chi connectivity index (χ2v) is 5.93. The Labute approximate surface area is 143 Å². The molecule has 0 amide bonds. The third-order valence-electron chi connectivity index (χ3n) is 3.99. The molecule has 0 spiro atoms. The Bertz CT molecular complexity index is 770. The Kier molecular flexibility index (Phi) is 5.48. The number of benzene rings is 3. The highest BCUT2D eigenvalue weighted by Crippen LogP contribution is 2.26. The van der Waals surface area contributed by atoms with Crippen molar-refractivity contribution in [3.8, 4) is 16.9 Å². The molecule has 3 nitrogen and oxygen atoms in total. The molecule has 0 saturated carbocycles. The van der Waals surface area contributed by atoms with E-state index in [2.05, 4.69) is 12.1 Å². The molecule has 0 aromatic heterocycles. The highest BCUT2D eigenvalue weighted by atomic mass is 16.3. The molecule has 3 heteroatoms. The summed E-state index contributed by atoms with van der Waals surface area (Å²) in [6.45, 7) is 5.90. The summed E-state index contributed by atoms with van der Waals surface area (Å²) in [4.78, 5) is 0. The number of phenolic OH excluding ortho intramolecular Hbond substituents is 1. The van der Waals surface area contributed by atoms with E-state index in [1.807, 2.05) is 63.2 Å². The predicted molar refractivity (Wildman–Crippen MR) is 103 cm³/mol. The average Bonchev–Trinajstić information content (AvgIpc) is 2.56. The van der Waals surface area contributed by atoms with Crippen LogP contribution < -0.4 is 11.5 Å². The molecule has 0 aliphatic carbocycles. The molecule has 0 aliphatic heterocycles. The van der Waals surface area contributed by atoms with Crippen molar-refractivity contribution in [2.75, 3.05) is 11.5 Å². The third kappa shape index (κ3) is 4.29. The van der Waals surface area contributed by atoms with Crippen LogP contribution in [0.1, 0.15) is 16.7 Å². The number of anilines is 2. The van der Waals surface area contributed by atoms with Gasteiger partial charge in [0.1, 0.15) is 5.75 Å². The number of nitrogens with two attached hydrogens (primary N) is 2. The molecule has 3 rings (SSSR count). The van der Waals surface area contributed by atoms with Gasteiger partial charge in [-0.15, -0.1) is 0 Å². The first-order chi connectivity index (χ1) is 11.4. The molecule has 124 valence electrons. The van der Waals surface area contributed by atoms with Gasteiger partial charge in [-0.2, -0.15) is 0 Å². The average molecular weight is 320 g/mol. The van der Waals surface area contributed by atoms with Crippen molar-refractivity contribution < 1.29 is 5.11 Å². The first-order valence-electron chi connectivity index (χ1n) is 7.85. The lowest BCUT2D eigenvalue weighted by Crippen LogP contribution is -1.91. The SMILES string of the molecule is Cc1cc(-c2ccc(N)c(C)c2)ccc1N.Cc1ccccc1O. The normalized spacial score (nSPS) is 9.96. The summed E-state index contributed by atoms with van der Waals surface area (Å²) in [5.74, 6) is 0.368. The molecule has 0 heterocycles. The molecule has 0 unspecified atom stereocenters. The van der Waals surface area contributed by atoms with Crippen molar-refractivity contribution in [2.45, 2.75) is 20.8 Å². The summed E-state index contributed by atoms with van der Waals surface area (Å²) in [7, 11) is 0. The second-order valence-electron chi connectivity index (χ2n) is 5.93.